The van der Waals surface area contributed by atoms with E-state index < -0.39 is 0 Å². The van der Waals surface area contributed by atoms with Crippen LogP contribution in [0.1, 0.15) is 38.3 Å². The highest BCUT2D eigenvalue weighted by Gasteiger charge is 2.13. The average molecular weight is 225 g/mol. The maximum atomic E-state index is 13.6. The molecule has 0 spiro atoms. The highest BCUT2D eigenvalue weighted by molar-refractivity contribution is 5.37. The summed E-state index contributed by atoms with van der Waals surface area (Å²) in [6, 6.07) is 5.14. The minimum absolute atomic E-state index is 0.0901. The van der Waals surface area contributed by atoms with E-state index in [1.165, 1.54) is 6.07 Å². The monoisotopic (exact) mass is 225 g/mol. The van der Waals surface area contributed by atoms with E-state index in [0.29, 0.717) is 12.4 Å². The van der Waals surface area contributed by atoms with Crippen molar-refractivity contribution in [1.82, 2.24) is 5.32 Å². The third kappa shape index (κ3) is 3.20. The van der Waals surface area contributed by atoms with Crippen LogP contribution < -0.4 is 10.1 Å². The molecule has 1 rings (SSSR count). The lowest BCUT2D eigenvalue weighted by atomic mass is 10.1. The minimum Gasteiger partial charge on any atom is -0.490 e. The van der Waals surface area contributed by atoms with Crippen molar-refractivity contribution in [3.63, 3.8) is 0 Å². The van der Waals surface area contributed by atoms with E-state index in [1.807, 2.05) is 20.0 Å². The number of para-hydroxylation sites is 1. The Labute approximate surface area is 96.8 Å². The first-order valence-corrected chi connectivity index (χ1v) is 5.79. The first-order valence-electron chi connectivity index (χ1n) is 5.79. The second-order valence-corrected chi connectivity index (χ2v) is 3.87. The van der Waals surface area contributed by atoms with Crippen LogP contribution in [0.25, 0.3) is 0 Å². The summed E-state index contributed by atoms with van der Waals surface area (Å²) in [6.07, 6.45) is 1.99. The van der Waals surface area contributed by atoms with Crippen molar-refractivity contribution in [1.29, 1.82) is 0 Å². The quantitative estimate of drug-likeness (QED) is 0.750. The SMILES string of the molecule is CCCCOc1c(F)cccc1C(C)NC. The number of rotatable bonds is 6. The molecule has 0 saturated carbocycles. The van der Waals surface area contributed by atoms with Gasteiger partial charge in [-0.2, -0.15) is 0 Å². The van der Waals surface area contributed by atoms with Gasteiger partial charge in [-0.25, -0.2) is 4.39 Å². The van der Waals surface area contributed by atoms with E-state index in [9.17, 15) is 4.39 Å². The van der Waals surface area contributed by atoms with Crippen LogP contribution in [0, 0.1) is 5.82 Å². The molecular formula is C13H20FNO. The maximum Gasteiger partial charge on any atom is 0.165 e. The number of unbranched alkanes of at least 4 members (excludes halogenated alkanes) is 1. The second kappa shape index (κ2) is 6.48. The average Bonchev–Trinajstić information content (AvgIpc) is 2.30. The first-order chi connectivity index (χ1) is 7.70. The summed E-state index contributed by atoms with van der Waals surface area (Å²) in [5.74, 6) is 0.105. The van der Waals surface area contributed by atoms with E-state index >= 15 is 0 Å². The van der Waals surface area contributed by atoms with E-state index in [0.717, 1.165) is 18.4 Å². The van der Waals surface area contributed by atoms with Gasteiger partial charge in [0.25, 0.3) is 0 Å². The highest BCUT2D eigenvalue weighted by Crippen LogP contribution is 2.28. The lowest BCUT2D eigenvalue weighted by molar-refractivity contribution is 0.288. The molecule has 0 aliphatic rings. The number of halogens is 1. The molecule has 0 aromatic heterocycles. The van der Waals surface area contributed by atoms with Crippen LogP contribution in [-0.4, -0.2) is 13.7 Å². The summed E-state index contributed by atoms with van der Waals surface area (Å²) < 4.78 is 19.1. The van der Waals surface area contributed by atoms with E-state index in [2.05, 4.69) is 12.2 Å². The standard InChI is InChI=1S/C13H20FNO/c1-4-5-9-16-13-11(10(2)15-3)7-6-8-12(13)14/h6-8,10,15H,4-5,9H2,1-3H3. The molecule has 1 aromatic carbocycles. The molecule has 0 aliphatic heterocycles. The van der Waals surface area contributed by atoms with Crippen molar-refractivity contribution < 1.29 is 9.13 Å². The number of ether oxygens (including phenoxy) is 1. The summed E-state index contributed by atoms with van der Waals surface area (Å²) in [4.78, 5) is 0. The number of benzene rings is 1. The van der Waals surface area contributed by atoms with Gasteiger partial charge in [0.05, 0.1) is 6.61 Å². The largest absolute Gasteiger partial charge is 0.490 e. The van der Waals surface area contributed by atoms with Gasteiger partial charge in [0.2, 0.25) is 0 Å². The van der Waals surface area contributed by atoms with Gasteiger partial charge in [-0.15, -0.1) is 0 Å². The van der Waals surface area contributed by atoms with Gasteiger partial charge in [0.1, 0.15) is 0 Å². The minimum atomic E-state index is -0.282. The third-order valence-corrected chi connectivity index (χ3v) is 2.64. The molecular weight excluding hydrogens is 205 g/mol. The molecule has 3 heteroatoms. The molecule has 1 aromatic rings. The van der Waals surface area contributed by atoms with Gasteiger partial charge in [0.15, 0.2) is 11.6 Å². The normalized spacial score (nSPS) is 12.5. The molecule has 1 N–H and O–H groups in total. The van der Waals surface area contributed by atoms with Gasteiger partial charge < -0.3 is 10.1 Å². The fourth-order valence-electron chi connectivity index (χ4n) is 1.49. The summed E-state index contributed by atoms with van der Waals surface area (Å²) in [5, 5.41) is 3.09. The van der Waals surface area contributed by atoms with Crippen LogP contribution in [0.5, 0.6) is 5.75 Å². The molecule has 0 amide bonds. The Morgan fingerprint density at radius 2 is 2.19 bits per heavy atom. The lowest BCUT2D eigenvalue weighted by Gasteiger charge is -2.16. The van der Waals surface area contributed by atoms with Crippen molar-refractivity contribution in [3.8, 4) is 5.75 Å². The van der Waals surface area contributed by atoms with Crippen LogP contribution in [0.2, 0.25) is 0 Å². The zero-order valence-electron chi connectivity index (χ0n) is 10.2. The predicted octanol–water partition coefficient (Wildman–Crippen LogP) is 3.29. The van der Waals surface area contributed by atoms with E-state index in [1.54, 1.807) is 6.07 Å². The molecule has 0 bridgehead atoms. The Balaban J connectivity index is 2.85. The van der Waals surface area contributed by atoms with Crippen molar-refractivity contribution in [2.24, 2.45) is 0 Å². The first kappa shape index (κ1) is 13.0. The highest BCUT2D eigenvalue weighted by atomic mass is 19.1. The van der Waals surface area contributed by atoms with Crippen molar-refractivity contribution in [2.45, 2.75) is 32.7 Å². The molecule has 16 heavy (non-hydrogen) atoms. The Morgan fingerprint density at radius 3 is 2.81 bits per heavy atom. The molecule has 1 unspecified atom stereocenters. The van der Waals surface area contributed by atoms with Gasteiger partial charge in [-0.05, 0) is 26.5 Å². The molecule has 0 aliphatic carbocycles. The van der Waals surface area contributed by atoms with E-state index in [-0.39, 0.29) is 11.9 Å². The number of hydrogen-bond donors (Lipinski definition) is 1. The molecule has 2 nitrogen and oxygen atoms in total. The van der Waals surface area contributed by atoms with Crippen LogP contribution >= 0.6 is 0 Å². The number of nitrogens with one attached hydrogen (secondary N) is 1. The maximum absolute atomic E-state index is 13.6. The Kier molecular flexibility index (Phi) is 5.26. The van der Waals surface area contributed by atoms with Crippen LogP contribution in [0.15, 0.2) is 18.2 Å². The second-order valence-electron chi connectivity index (χ2n) is 3.87. The molecule has 0 fully saturated rings. The van der Waals surface area contributed by atoms with Gasteiger partial charge in [-0.1, -0.05) is 25.5 Å². The zero-order valence-corrected chi connectivity index (χ0v) is 10.2. The molecule has 90 valence electrons. The topological polar surface area (TPSA) is 21.3 Å². The Bertz CT molecular complexity index is 328. The van der Waals surface area contributed by atoms with Crippen LogP contribution in [-0.2, 0) is 0 Å². The lowest BCUT2D eigenvalue weighted by Crippen LogP contribution is -2.14. The van der Waals surface area contributed by atoms with Crippen LogP contribution in [0.4, 0.5) is 4.39 Å². The van der Waals surface area contributed by atoms with Gasteiger partial charge in [0, 0.05) is 11.6 Å². The summed E-state index contributed by atoms with van der Waals surface area (Å²) >= 11 is 0. The van der Waals surface area contributed by atoms with Gasteiger partial charge in [-0.3, -0.25) is 0 Å². The van der Waals surface area contributed by atoms with Crippen LogP contribution in [0.3, 0.4) is 0 Å². The Morgan fingerprint density at radius 1 is 1.44 bits per heavy atom. The summed E-state index contributed by atoms with van der Waals surface area (Å²) in [7, 11) is 1.85. The molecule has 0 saturated heterocycles. The van der Waals surface area contributed by atoms with Crippen molar-refractivity contribution in [2.75, 3.05) is 13.7 Å². The van der Waals surface area contributed by atoms with Crippen molar-refractivity contribution in [3.05, 3.63) is 29.6 Å². The number of hydrogen-bond acceptors (Lipinski definition) is 2. The fourth-order valence-corrected chi connectivity index (χ4v) is 1.49. The molecule has 1 atom stereocenters. The molecule has 0 heterocycles. The van der Waals surface area contributed by atoms with Crippen molar-refractivity contribution >= 4 is 0 Å². The predicted molar refractivity (Wildman–Crippen MR) is 64.3 cm³/mol. The zero-order chi connectivity index (χ0) is 12.0. The molecule has 0 radical (unpaired) electrons. The third-order valence-electron chi connectivity index (χ3n) is 2.64. The summed E-state index contributed by atoms with van der Waals surface area (Å²) in [6.45, 7) is 4.64. The summed E-state index contributed by atoms with van der Waals surface area (Å²) in [5.41, 5.74) is 0.874. The Hall–Kier alpha value is -1.09. The fraction of sp³-hybridized carbons (Fsp3) is 0.538. The van der Waals surface area contributed by atoms with Gasteiger partial charge >= 0.3 is 0 Å². The smallest absolute Gasteiger partial charge is 0.165 e. The van der Waals surface area contributed by atoms with E-state index in [4.69, 9.17) is 4.74 Å².